The van der Waals surface area contributed by atoms with Crippen LogP contribution in [0.5, 0.6) is 0 Å². The average molecular weight is 320 g/mol. The molecule has 0 saturated heterocycles. The highest BCUT2D eigenvalue weighted by Crippen LogP contribution is 2.23. The van der Waals surface area contributed by atoms with Crippen molar-refractivity contribution in [2.24, 2.45) is 0 Å². The maximum absolute atomic E-state index is 3.58. The smallest absolute Gasteiger partial charge is 0.0486 e. The Balaban J connectivity index is 1.76. The van der Waals surface area contributed by atoms with Gasteiger partial charge in [0, 0.05) is 29.2 Å². The minimum absolute atomic E-state index is 0.196. The Morgan fingerprint density at radius 3 is 2.38 bits per heavy atom. The number of nitrogens with one attached hydrogen (secondary N) is 1. The van der Waals surface area contributed by atoms with Crippen LogP contribution in [0.4, 0.5) is 0 Å². The number of benzene rings is 2. The standard InChI is InChI=1S/C22H28N2/c1-22(2,3)23-15-9-12-19-17-24(16-18-10-5-4-6-11-18)21-14-8-7-13-20(19)21/h4-8,10-11,13-14,17,23H,9,12,15-16H2,1-3H3. The minimum atomic E-state index is 0.196. The van der Waals surface area contributed by atoms with Crippen molar-refractivity contribution in [1.82, 2.24) is 9.88 Å². The van der Waals surface area contributed by atoms with E-state index in [9.17, 15) is 0 Å². The molecular weight excluding hydrogens is 292 g/mol. The molecule has 0 bridgehead atoms. The Bertz CT molecular complexity index is 779. The largest absolute Gasteiger partial charge is 0.343 e. The zero-order valence-corrected chi connectivity index (χ0v) is 15.0. The highest BCUT2D eigenvalue weighted by Gasteiger charge is 2.10. The van der Waals surface area contributed by atoms with Gasteiger partial charge in [-0.25, -0.2) is 0 Å². The van der Waals surface area contributed by atoms with Crippen LogP contribution in [-0.4, -0.2) is 16.7 Å². The summed E-state index contributed by atoms with van der Waals surface area (Å²) < 4.78 is 2.39. The van der Waals surface area contributed by atoms with E-state index in [4.69, 9.17) is 0 Å². The zero-order chi connectivity index (χ0) is 17.0. The number of aromatic nitrogens is 1. The summed E-state index contributed by atoms with van der Waals surface area (Å²) in [6.45, 7) is 8.65. The third kappa shape index (κ3) is 4.27. The summed E-state index contributed by atoms with van der Waals surface area (Å²) >= 11 is 0. The molecule has 0 aliphatic heterocycles. The molecule has 3 aromatic rings. The normalized spacial score (nSPS) is 12.0. The molecule has 0 fully saturated rings. The van der Waals surface area contributed by atoms with E-state index in [1.54, 1.807) is 0 Å². The lowest BCUT2D eigenvalue weighted by Gasteiger charge is -2.20. The summed E-state index contributed by atoms with van der Waals surface area (Å²) in [7, 11) is 0. The molecule has 2 aromatic carbocycles. The molecule has 2 heteroatoms. The quantitative estimate of drug-likeness (QED) is 0.632. The zero-order valence-electron chi connectivity index (χ0n) is 15.0. The predicted octanol–water partition coefficient (Wildman–Crippen LogP) is 5.01. The number of fused-ring (bicyclic) bond motifs is 1. The van der Waals surface area contributed by atoms with Gasteiger partial charge in [-0.15, -0.1) is 0 Å². The number of nitrogens with zero attached hydrogens (tertiary/aromatic N) is 1. The van der Waals surface area contributed by atoms with Gasteiger partial charge in [0.05, 0.1) is 0 Å². The Morgan fingerprint density at radius 2 is 1.62 bits per heavy atom. The lowest BCUT2D eigenvalue weighted by molar-refractivity contribution is 0.422. The first-order valence-electron chi connectivity index (χ1n) is 8.89. The second kappa shape index (κ2) is 7.23. The average Bonchev–Trinajstić information content (AvgIpc) is 2.90. The summed E-state index contributed by atoms with van der Waals surface area (Å²) in [6.07, 6.45) is 4.62. The fourth-order valence-electron chi connectivity index (χ4n) is 3.18. The Hall–Kier alpha value is -2.06. The van der Waals surface area contributed by atoms with E-state index < -0.39 is 0 Å². The van der Waals surface area contributed by atoms with Crippen molar-refractivity contribution in [3.8, 4) is 0 Å². The maximum atomic E-state index is 3.58. The molecule has 3 rings (SSSR count). The third-order valence-corrected chi connectivity index (χ3v) is 4.35. The Labute approximate surface area is 145 Å². The Morgan fingerprint density at radius 1 is 0.917 bits per heavy atom. The molecule has 1 heterocycles. The lowest BCUT2D eigenvalue weighted by atomic mass is 10.1. The molecule has 0 atom stereocenters. The van der Waals surface area contributed by atoms with Crippen LogP contribution in [0.25, 0.3) is 10.9 Å². The Kier molecular flexibility index (Phi) is 5.06. The van der Waals surface area contributed by atoms with Crippen LogP contribution in [0.2, 0.25) is 0 Å². The molecule has 0 amide bonds. The van der Waals surface area contributed by atoms with Crippen LogP contribution >= 0.6 is 0 Å². The van der Waals surface area contributed by atoms with Crippen LogP contribution in [0.1, 0.15) is 38.3 Å². The number of hydrogen-bond donors (Lipinski definition) is 1. The predicted molar refractivity (Wildman–Crippen MR) is 104 cm³/mol. The monoisotopic (exact) mass is 320 g/mol. The molecule has 0 spiro atoms. The molecule has 0 aliphatic carbocycles. The molecular formula is C22H28N2. The molecule has 126 valence electrons. The van der Waals surface area contributed by atoms with Crippen LogP contribution in [-0.2, 0) is 13.0 Å². The van der Waals surface area contributed by atoms with Gasteiger partial charge in [0.15, 0.2) is 0 Å². The van der Waals surface area contributed by atoms with Crippen LogP contribution in [0, 0.1) is 0 Å². The van der Waals surface area contributed by atoms with Crippen LogP contribution in [0.15, 0.2) is 60.8 Å². The summed E-state index contributed by atoms with van der Waals surface area (Å²) in [5.41, 5.74) is 4.33. The topological polar surface area (TPSA) is 17.0 Å². The molecule has 0 saturated carbocycles. The summed E-state index contributed by atoms with van der Waals surface area (Å²) in [5.74, 6) is 0. The summed E-state index contributed by atoms with van der Waals surface area (Å²) in [4.78, 5) is 0. The molecule has 24 heavy (non-hydrogen) atoms. The number of para-hydroxylation sites is 1. The minimum Gasteiger partial charge on any atom is -0.343 e. The lowest BCUT2D eigenvalue weighted by Crippen LogP contribution is -2.36. The number of aryl methyl sites for hydroxylation is 1. The SMILES string of the molecule is CC(C)(C)NCCCc1cn(Cc2ccccc2)c2ccccc12. The van der Waals surface area contributed by atoms with Crippen molar-refractivity contribution in [3.05, 3.63) is 71.9 Å². The van der Waals surface area contributed by atoms with Gasteiger partial charge in [0.25, 0.3) is 0 Å². The van der Waals surface area contributed by atoms with Gasteiger partial charge in [-0.1, -0.05) is 48.5 Å². The number of hydrogen-bond acceptors (Lipinski definition) is 1. The van der Waals surface area contributed by atoms with Crippen LogP contribution in [0.3, 0.4) is 0 Å². The van der Waals surface area contributed by atoms with E-state index in [0.717, 1.165) is 25.9 Å². The van der Waals surface area contributed by atoms with Gasteiger partial charge >= 0.3 is 0 Å². The first kappa shape index (κ1) is 16.8. The van der Waals surface area contributed by atoms with Gasteiger partial charge < -0.3 is 9.88 Å². The molecule has 0 aliphatic rings. The van der Waals surface area contributed by atoms with Crippen molar-refractivity contribution in [1.29, 1.82) is 0 Å². The number of rotatable bonds is 6. The third-order valence-electron chi connectivity index (χ3n) is 4.35. The van der Waals surface area contributed by atoms with Crippen molar-refractivity contribution in [2.45, 2.75) is 45.7 Å². The van der Waals surface area contributed by atoms with E-state index >= 15 is 0 Å². The van der Waals surface area contributed by atoms with Gasteiger partial charge in [0.1, 0.15) is 0 Å². The first-order valence-corrected chi connectivity index (χ1v) is 8.89. The van der Waals surface area contributed by atoms with E-state index in [0.29, 0.717) is 0 Å². The second-order valence-electron chi connectivity index (χ2n) is 7.57. The highest BCUT2D eigenvalue weighted by molar-refractivity contribution is 5.84. The molecule has 1 N–H and O–H groups in total. The molecule has 1 aromatic heterocycles. The van der Waals surface area contributed by atoms with Gasteiger partial charge in [-0.05, 0) is 57.4 Å². The van der Waals surface area contributed by atoms with E-state index in [2.05, 4.69) is 91.4 Å². The molecule has 0 unspecified atom stereocenters. The fourth-order valence-corrected chi connectivity index (χ4v) is 3.18. The summed E-state index contributed by atoms with van der Waals surface area (Å²) in [6, 6.07) is 19.5. The van der Waals surface area contributed by atoms with Crippen molar-refractivity contribution in [3.63, 3.8) is 0 Å². The van der Waals surface area contributed by atoms with Gasteiger partial charge in [0.2, 0.25) is 0 Å². The van der Waals surface area contributed by atoms with Crippen molar-refractivity contribution >= 4 is 10.9 Å². The van der Waals surface area contributed by atoms with E-state index in [1.807, 2.05) is 0 Å². The maximum Gasteiger partial charge on any atom is 0.0486 e. The van der Waals surface area contributed by atoms with Gasteiger partial charge in [-0.3, -0.25) is 0 Å². The van der Waals surface area contributed by atoms with Crippen molar-refractivity contribution < 1.29 is 0 Å². The fraction of sp³-hybridized carbons (Fsp3) is 0.364. The highest BCUT2D eigenvalue weighted by atomic mass is 15.0. The van der Waals surface area contributed by atoms with Crippen molar-refractivity contribution in [2.75, 3.05) is 6.54 Å². The van der Waals surface area contributed by atoms with Gasteiger partial charge in [-0.2, -0.15) is 0 Å². The summed E-state index contributed by atoms with van der Waals surface area (Å²) in [5, 5.41) is 4.97. The first-order chi connectivity index (χ1) is 11.5. The van der Waals surface area contributed by atoms with Crippen LogP contribution < -0.4 is 5.32 Å². The second-order valence-corrected chi connectivity index (χ2v) is 7.57. The molecule has 0 radical (unpaired) electrons. The van der Waals surface area contributed by atoms with E-state index in [1.165, 1.54) is 22.0 Å². The molecule has 2 nitrogen and oxygen atoms in total. The van der Waals surface area contributed by atoms with E-state index in [-0.39, 0.29) is 5.54 Å².